The zero-order chi connectivity index (χ0) is 31.6. The Morgan fingerprint density at radius 3 is 2.59 bits per heavy atom. The molecule has 0 aromatic heterocycles. The van der Waals surface area contributed by atoms with Gasteiger partial charge in [0.15, 0.2) is 23.2 Å². The Hall–Kier alpha value is -4.32. The lowest BCUT2D eigenvalue weighted by Crippen LogP contribution is -2.45. The molecule has 1 amide bonds. The number of carbonyl (C=O) groups is 2. The zero-order valence-electron chi connectivity index (χ0n) is 24.1. The van der Waals surface area contributed by atoms with E-state index in [0.29, 0.717) is 54.8 Å². The molecule has 3 aromatic rings. The number of halogens is 2. The zero-order valence-corrected chi connectivity index (χ0v) is 26.4. The van der Waals surface area contributed by atoms with Crippen molar-refractivity contribution in [3.8, 4) is 17.2 Å². The highest BCUT2D eigenvalue weighted by molar-refractivity contribution is 7.80. The van der Waals surface area contributed by atoms with E-state index in [2.05, 4.69) is 21.2 Å². The summed E-state index contributed by atoms with van der Waals surface area (Å²) < 4.78 is 22.6. The third-order valence-electron chi connectivity index (χ3n) is 6.36. The summed E-state index contributed by atoms with van der Waals surface area (Å²) in [5.41, 5.74) is 5.28. The molecule has 3 aromatic carbocycles. The molecule has 0 radical (unpaired) electrons. The van der Waals surface area contributed by atoms with Gasteiger partial charge in [-0.1, -0.05) is 53.5 Å². The van der Waals surface area contributed by atoms with Crippen LogP contribution in [0.5, 0.6) is 17.2 Å². The molecule has 1 aliphatic rings. The number of allylic oxidation sites excluding steroid dienone is 1. The highest BCUT2D eigenvalue weighted by atomic mass is 35.5. The van der Waals surface area contributed by atoms with Crippen molar-refractivity contribution in [1.29, 1.82) is 0 Å². The molecule has 0 saturated carbocycles. The third kappa shape index (κ3) is 8.19. The van der Waals surface area contributed by atoms with Gasteiger partial charge in [-0.05, 0) is 56.4 Å². The molecule has 1 aliphatic heterocycles. The van der Waals surface area contributed by atoms with Gasteiger partial charge in [-0.25, -0.2) is 10.2 Å². The number of hydrogen-bond acceptors (Lipinski definition) is 8. The highest BCUT2D eigenvalue weighted by Crippen LogP contribution is 2.34. The Morgan fingerprint density at radius 2 is 1.84 bits per heavy atom. The number of amides is 1. The third-order valence-corrected chi connectivity index (χ3v) is 7.17. The number of thiocarbonyl (C=S) groups is 1. The Morgan fingerprint density at radius 1 is 1.07 bits per heavy atom. The van der Waals surface area contributed by atoms with Gasteiger partial charge in [-0.2, -0.15) is 5.10 Å². The number of nitrogens with one attached hydrogen (secondary N) is 3. The van der Waals surface area contributed by atoms with Crippen LogP contribution in [-0.4, -0.2) is 43.5 Å². The van der Waals surface area contributed by atoms with E-state index in [1.165, 1.54) is 13.3 Å². The molecule has 0 bridgehead atoms. The number of esters is 1. The summed E-state index contributed by atoms with van der Waals surface area (Å²) >= 11 is 17.6. The molecule has 4 rings (SSSR count). The number of hydrazone groups is 1. The fourth-order valence-electron chi connectivity index (χ4n) is 4.34. The lowest BCUT2D eigenvalue weighted by Gasteiger charge is -2.30. The molecule has 0 aliphatic carbocycles. The molecule has 230 valence electrons. The van der Waals surface area contributed by atoms with E-state index in [9.17, 15) is 9.59 Å². The summed E-state index contributed by atoms with van der Waals surface area (Å²) in [4.78, 5) is 25.4. The molecule has 44 heavy (non-hydrogen) atoms. The standard InChI is InChI=1S/C31H30Cl2N4O6S/c1-4-41-30(39)27-18(2)35-31(44)36-28(27)22-9-5-6-10-24(22)42-17-26(38)37-34-15-19-8-7-11-25(40-3)29(19)43-16-20-12-13-21(32)14-23(20)33/h5-15,28H,4,16-17H2,1-3H3,(H,37,38)(H2,35,36,44)/t28-/m0/s1. The van der Waals surface area contributed by atoms with E-state index < -0.39 is 17.9 Å². The van der Waals surface area contributed by atoms with Crippen molar-refractivity contribution in [1.82, 2.24) is 16.1 Å². The summed E-state index contributed by atoms with van der Waals surface area (Å²) in [7, 11) is 1.52. The minimum absolute atomic E-state index is 0.153. The van der Waals surface area contributed by atoms with Gasteiger partial charge in [0.25, 0.3) is 5.91 Å². The van der Waals surface area contributed by atoms with E-state index >= 15 is 0 Å². The molecule has 3 N–H and O–H groups in total. The number of rotatable bonds is 12. The first-order valence-electron chi connectivity index (χ1n) is 13.4. The molecule has 1 atom stereocenters. The van der Waals surface area contributed by atoms with Gasteiger partial charge in [0, 0.05) is 32.4 Å². The van der Waals surface area contributed by atoms with Gasteiger partial charge in [-0.3, -0.25) is 4.79 Å². The lowest BCUT2D eigenvalue weighted by atomic mass is 9.95. The molecular formula is C31H30Cl2N4O6S. The maximum atomic E-state index is 12.8. The highest BCUT2D eigenvalue weighted by Gasteiger charge is 2.32. The Bertz CT molecular complexity index is 1610. The van der Waals surface area contributed by atoms with E-state index in [1.54, 1.807) is 74.5 Å². The average molecular weight is 658 g/mol. The van der Waals surface area contributed by atoms with Gasteiger partial charge in [0.2, 0.25) is 0 Å². The molecule has 10 nitrogen and oxygen atoms in total. The van der Waals surface area contributed by atoms with Gasteiger partial charge in [0.05, 0.1) is 31.5 Å². The SMILES string of the molecule is CCOC(=O)C1=C(C)NC(=S)N[C@H]1c1ccccc1OCC(=O)NN=Cc1cccc(OC)c1OCc1ccc(Cl)cc1Cl. The van der Waals surface area contributed by atoms with E-state index in [1.807, 2.05) is 0 Å². The molecule has 13 heteroatoms. The fourth-order valence-corrected chi connectivity index (χ4v) is 5.08. The predicted octanol–water partition coefficient (Wildman–Crippen LogP) is 5.47. The number of benzene rings is 3. The number of hydrogen-bond donors (Lipinski definition) is 3. The summed E-state index contributed by atoms with van der Waals surface area (Å²) in [5, 5.41) is 11.5. The maximum Gasteiger partial charge on any atom is 0.338 e. The van der Waals surface area contributed by atoms with Crippen LogP contribution in [0.4, 0.5) is 0 Å². The van der Waals surface area contributed by atoms with Gasteiger partial charge in [-0.15, -0.1) is 0 Å². The maximum absolute atomic E-state index is 12.8. The summed E-state index contributed by atoms with van der Waals surface area (Å²) in [6.45, 7) is 3.49. The largest absolute Gasteiger partial charge is 0.493 e. The molecule has 1 heterocycles. The minimum Gasteiger partial charge on any atom is -0.493 e. The first-order chi connectivity index (χ1) is 21.2. The second kappa shape index (κ2) is 15.4. The second-order valence-electron chi connectivity index (χ2n) is 9.31. The molecule has 0 unspecified atom stereocenters. The smallest absolute Gasteiger partial charge is 0.338 e. The normalized spacial score (nSPS) is 14.5. The molecule has 0 spiro atoms. The quantitative estimate of drug-likeness (QED) is 0.101. The average Bonchev–Trinajstić information content (AvgIpc) is 2.99. The van der Waals surface area contributed by atoms with E-state index in [0.717, 1.165) is 5.56 Å². The topological polar surface area (TPSA) is 120 Å². The van der Waals surface area contributed by atoms with Crippen molar-refractivity contribution in [3.05, 3.63) is 98.7 Å². The van der Waals surface area contributed by atoms with Crippen molar-refractivity contribution in [2.75, 3.05) is 20.3 Å². The predicted molar refractivity (Wildman–Crippen MR) is 172 cm³/mol. The lowest BCUT2D eigenvalue weighted by molar-refractivity contribution is -0.139. The number of carbonyl (C=O) groups excluding carboxylic acids is 2. The van der Waals surface area contributed by atoms with Crippen molar-refractivity contribution < 1.29 is 28.5 Å². The van der Waals surface area contributed by atoms with Crippen molar-refractivity contribution >= 4 is 58.6 Å². The number of nitrogens with zero attached hydrogens (tertiary/aromatic N) is 1. The number of methoxy groups -OCH3 is 1. The first-order valence-corrected chi connectivity index (χ1v) is 14.6. The van der Waals surface area contributed by atoms with Gasteiger partial charge < -0.3 is 29.6 Å². The first kappa shape index (κ1) is 32.6. The van der Waals surface area contributed by atoms with Crippen LogP contribution in [0.25, 0.3) is 0 Å². The van der Waals surface area contributed by atoms with Crippen molar-refractivity contribution in [2.45, 2.75) is 26.5 Å². The summed E-state index contributed by atoms with van der Waals surface area (Å²) in [5.74, 6) is 0.268. The van der Waals surface area contributed by atoms with Gasteiger partial charge in [0.1, 0.15) is 12.4 Å². The number of para-hydroxylation sites is 2. The number of ether oxygens (including phenoxy) is 4. The minimum atomic E-state index is -0.644. The molecule has 0 fully saturated rings. The van der Waals surface area contributed by atoms with Crippen LogP contribution in [0.1, 0.15) is 36.6 Å². The van der Waals surface area contributed by atoms with Crippen LogP contribution in [0.3, 0.4) is 0 Å². The van der Waals surface area contributed by atoms with Crippen LogP contribution >= 0.6 is 35.4 Å². The Kier molecular flexibility index (Phi) is 11.4. The van der Waals surface area contributed by atoms with Crippen LogP contribution in [0.2, 0.25) is 10.0 Å². The van der Waals surface area contributed by atoms with Crippen LogP contribution in [0, 0.1) is 0 Å². The van der Waals surface area contributed by atoms with E-state index in [-0.39, 0.29) is 19.8 Å². The van der Waals surface area contributed by atoms with Crippen molar-refractivity contribution in [2.24, 2.45) is 5.10 Å². The monoisotopic (exact) mass is 656 g/mol. The van der Waals surface area contributed by atoms with Crippen LogP contribution < -0.4 is 30.3 Å². The molecular weight excluding hydrogens is 627 g/mol. The Labute approximate surface area is 270 Å². The second-order valence-corrected chi connectivity index (χ2v) is 10.6. The van der Waals surface area contributed by atoms with Crippen LogP contribution in [0.15, 0.2) is 77.0 Å². The van der Waals surface area contributed by atoms with Gasteiger partial charge >= 0.3 is 5.97 Å². The van der Waals surface area contributed by atoms with E-state index in [4.69, 9.17) is 54.4 Å². The van der Waals surface area contributed by atoms with Crippen molar-refractivity contribution in [3.63, 3.8) is 0 Å². The summed E-state index contributed by atoms with van der Waals surface area (Å²) in [6.07, 6.45) is 1.44. The fraction of sp³-hybridized carbons (Fsp3) is 0.226. The van der Waals surface area contributed by atoms with Crippen LogP contribution in [-0.2, 0) is 20.9 Å². The Balaban J connectivity index is 1.44. The summed E-state index contributed by atoms with van der Waals surface area (Å²) in [6, 6.07) is 16.8. The molecule has 0 saturated heterocycles.